The molecule has 5 amide bonds. The van der Waals surface area contributed by atoms with Crippen molar-refractivity contribution in [3.05, 3.63) is 60.2 Å². The lowest BCUT2D eigenvalue weighted by atomic mass is 9.97. The van der Waals surface area contributed by atoms with Crippen LogP contribution in [0.1, 0.15) is 110 Å². The topological polar surface area (TPSA) is 176 Å². The average molecular weight is 890 g/mol. The van der Waals surface area contributed by atoms with Crippen LogP contribution in [0.5, 0.6) is 11.5 Å². The van der Waals surface area contributed by atoms with Crippen LogP contribution in [0.3, 0.4) is 0 Å². The zero-order valence-electron chi connectivity index (χ0n) is 38.4. The normalized spacial score (nSPS) is 21.1. The molecule has 1 aliphatic carbocycles. The molecule has 344 valence electrons. The summed E-state index contributed by atoms with van der Waals surface area (Å²) in [6.45, 7) is 21.1. The standard InChI is InChI=1S/C47H67N5O10Si/c1-11-22-60-45(57)50-21-13-14-35(50)41(53)49-40(31(9)12-2)42(54)48-33-17-15-32(16-18-33)26-61-46(58)52-36-24-39(62-63(28(3)4,29(5)6)30(7)8)38(59-10)23-34(36)43(55)51-27-47(19-20-47)25-37(51)44(52)56/h11,15-18,23-24,28-31,35,37,40,44,56H,1,12-14,19-22,25-27H2,2-10H3,(H,48,54)(H,49,53)/t31?,35-,37-,40?,44?/m0/s1. The number of aliphatic hydroxyl groups excluding tert-OH is 1. The summed E-state index contributed by atoms with van der Waals surface area (Å²) in [6.07, 6.45) is 2.84. The third kappa shape index (κ3) is 9.57. The molecule has 0 bridgehead atoms. The number of methoxy groups -OCH3 is 1. The van der Waals surface area contributed by atoms with Crippen LogP contribution >= 0.6 is 0 Å². The number of hydrogen-bond donors (Lipinski definition) is 3. The Morgan fingerprint density at radius 1 is 0.968 bits per heavy atom. The highest BCUT2D eigenvalue weighted by Gasteiger charge is 2.58. The lowest BCUT2D eigenvalue weighted by Gasteiger charge is -2.42. The van der Waals surface area contributed by atoms with Gasteiger partial charge in [-0.2, -0.15) is 0 Å². The van der Waals surface area contributed by atoms with Crippen molar-refractivity contribution in [2.24, 2.45) is 11.3 Å². The Morgan fingerprint density at radius 2 is 1.63 bits per heavy atom. The van der Waals surface area contributed by atoms with Gasteiger partial charge in [-0.05, 0) is 83.8 Å². The van der Waals surface area contributed by atoms with Gasteiger partial charge in [-0.15, -0.1) is 0 Å². The minimum atomic E-state index is -2.54. The molecule has 0 aromatic heterocycles. The third-order valence-electron chi connectivity index (χ3n) is 13.8. The molecule has 1 saturated carbocycles. The van der Waals surface area contributed by atoms with E-state index in [9.17, 15) is 29.1 Å². The molecule has 4 aliphatic rings. The van der Waals surface area contributed by atoms with Crippen LogP contribution in [-0.4, -0.2) is 104 Å². The first-order valence-corrected chi connectivity index (χ1v) is 24.7. The first-order chi connectivity index (χ1) is 29.9. The fourth-order valence-corrected chi connectivity index (χ4v) is 15.3. The molecule has 1 spiro atoms. The molecule has 5 atom stereocenters. The van der Waals surface area contributed by atoms with Crippen molar-refractivity contribution in [3.8, 4) is 11.5 Å². The summed E-state index contributed by atoms with van der Waals surface area (Å²) in [5, 5.41) is 17.9. The zero-order chi connectivity index (χ0) is 46.0. The first kappa shape index (κ1) is 47.4. The Morgan fingerprint density at radius 3 is 2.22 bits per heavy atom. The highest BCUT2D eigenvalue weighted by atomic mass is 28.4. The lowest BCUT2D eigenvalue weighted by molar-refractivity contribution is -0.130. The second-order valence-corrected chi connectivity index (χ2v) is 24.1. The van der Waals surface area contributed by atoms with Crippen molar-refractivity contribution in [2.45, 2.75) is 141 Å². The molecule has 15 nitrogen and oxygen atoms in total. The summed E-state index contributed by atoms with van der Waals surface area (Å²) < 4.78 is 24.0. The van der Waals surface area contributed by atoms with E-state index in [1.54, 1.807) is 41.3 Å². The van der Waals surface area contributed by atoms with E-state index in [-0.39, 0.29) is 58.3 Å². The number of nitrogens with zero attached hydrogens (tertiary/aromatic N) is 3. The van der Waals surface area contributed by atoms with E-state index in [1.807, 2.05) is 13.8 Å². The SMILES string of the molecule is C=CCOC(=O)N1CCC[C@H]1C(=O)NC(C(=O)Nc1ccc(COC(=O)N2c3cc(O[Si](C(C)C)(C(C)C)C(C)C)c(OC)cc3C(=O)N3CC4(CC4)C[C@H]3C2O)cc1)C(C)CC. The van der Waals surface area contributed by atoms with Crippen LogP contribution in [0.15, 0.2) is 49.1 Å². The summed E-state index contributed by atoms with van der Waals surface area (Å²) in [6, 6.07) is 7.81. The first-order valence-electron chi connectivity index (χ1n) is 22.5. The van der Waals surface area contributed by atoms with Gasteiger partial charge in [-0.1, -0.05) is 86.6 Å². The number of carbonyl (C=O) groups excluding carboxylic acids is 5. The fourth-order valence-electron chi connectivity index (χ4n) is 10.0. The maximum Gasteiger partial charge on any atom is 0.416 e. The van der Waals surface area contributed by atoms with Gasteiger partial charge in [0.15, 0.2) is 12.0 Å². The van der Waals surface area contributed by atoms with Crippen LogP contribution in [0, 0.1) is 11.3 Å². The number of likely N-dealkylation sites (tertiary alicyclic amines) is 1. The highest BCUT2D eigenvalue weighted by Crippen LogP contribution is 2.57. The molecule has 2 aromatic rings. The quantitative estimate of drug-likeness (QED) is 0.111. The maximum atomic E-state index is 14.4. The smallest absolute Gasteiger partial charge is 0.416 e. The second kappa shape index (κ2) is 19.3. The molecule has 3 aliphatic heterocycles. The number of carbonyl (C=O) groups is 5. The number of ether oxygens (including phenoxy) is 3. The van der Waals surface area contributed by atoms with Gasteiger partial charge in [0, 0.05) is 24.8 Å². The molecule has 2 saturated heterocycles. The van der Waals surface area contributed by atoms with E-state index in [2.05, 4.69) is 58.8 Å². The van der Waals surface area contributed by atoms with Crippen LogP contribution in [-0.2, 0) is 25.7 Å². The van der Waals surface area contributed by atoms with Crippen molar-refractivity contribution in [3.63, 3.8) is 0 Å². The van der Waals surface area contributed by atoms with Gasteiger partial charge < -0.3 is 39.3 Å². The van der Waals surface area contributed by atoms with Gasteiger partial charge in [-0.25, -0.2) is 14.5 Å². The van der Waals surface area contributed by atoms with E-state index in [1.165, 1.54) is 23.0 Å². The number of hydrogen-bond acceptors (Lipinski definition) is 10. The summed E-state index contributed by atoms with van der Waals surface area (Å²) in [7, 11) is -1.00. The van der Waals surface area contributed by atoms with Gasteiger partial charge in [0.25, 0.3) is 14.2 Å². The fraction of sp³-hybridized carbons (Fsp3) is 0.596. The molecule has 0 radical (unpaired) electrons. The Hall–Kier alpha value is -5.09. The number of anilines is 2. The van der Waals surface area contributed by atoms with Crippen molar-refractivity contribution in [1.29, 1.82) is 0 Å². The molecule has 6 rings (SSSR count). The summed E-state index contributed by atoms with van der Waals surface area (Å²) >= 11 is 0. The largest absolute Gasteiger partial charge is 0.540 e. The summed E-state index contributed by atoms with van der Waals surface area (Å²) in [4.78, 5) is 72.7. The van der Waals surface area contributed by atoms with Crippen molar-refractivity contribution < 1.29 is 47.7 Å². The molecular weight excluding hydrogens is 823 g/mol. The molecule has 3 unspecified atom stereocenters. The van der Waals surface area contributed by atoms with E-state index in [0.717, 1.165) is 12.8 Å². The molecule has 3 N–H and O–H groups in total. The number of benzene rings is 2. The number of rotatable bonds is 16. The lowest BCUT2D eigenvalue weighted by Crippen LogP contribution is -2.54. The predicted molar refractivity (Wildman–Crippen MR) is 242 cm³/mol. The van der Waals surface area contributed by atoms with Gasteiger partial charge in [0.1, 0.15) is 31.0 Å². The van der Waals surface area contributed by atoms with Crippen molar-refractivity contribution in [1.82, 2.24) is 15.1 Å². The molecule has 2 aromatic carbocycles. The van der Waals surface area contributed by atoms with Crippen molar-refractivity contribution >= 4 is 49.6 Å². The Balaban J connectivity index is 1.20. The molecule has 16 heteroatoms. The zero-order valence-corrected chi connectivity index (χ0v) is 39.4. The second-order valence-electron chi connectivity index (χ2n) is 18.8. The molecule has 3 heterocycles. The summed E-state index contributed by atoms with van der Waals surface area (Å²) in [5.74, 6) is -0.540. The van der Waals surface area contributed by atoms with Crippen LogP contribution in [0.25, 0.3) is 0 Å². The predicted octanol–water partition coefficient (Wildman–Crippen LogP) is 7.98. The molecule has 3 fully saturated rings. The minimum Gasteiger partial charge on any atom is -0.540 e. The van der Waals surface area contributed by atoms with Gasteiger partial charge in [-0.3, -0.25) is 19.3 Å². The van der Waals surface area contributed by atoms with E-state index < -0.39 is 56.7 Å². The number of fused-ring (bicyclic) bond motifs is 2. The van der Waals surface area contributed by atoms with E-state index >= 15 is 0 Å². The van der Waals surface area contributed by atoms with Crippen LogP contribution in [0.2, 0.25) is 16.6 Å². The van der Waals surface area contributed by atoms with Crippen LogP contribution in [0.4, 0.5) is 21.0 Å². The third-order valence-corrected chi connectivity index (χ3v) is 19.8. The number of aliphatic hydroxyl groups is 1. The van der Waals surface area contributed by atoms with E-state index in [0.29, 0.717) is 61.5 Å². The van der Waals surface area contributed by atoms with Crippen LogP contribution < -0.4 is 24.7 Å². The Kier molecular flexibility index (Phi) is 14.5. The average Bonchev–Trinajstić information content (AvgIpc) is 3.65. The Labute approximate surface area is 372 Å². The molecule has 63 heavy (non-hydrogen) atoms. The van der Waals surface area contributed by atoms with Crippen molar-refractivity contribution in [2.75, 3.05) is 37.0 Å². The van der Waals surface area contributed by atoms with Gasteiger partial charge >= 0.3 is 12.2 Å². The maximum absolute atomic E-state index is 14.4. The molecular formula is C47H67N5O10Si. The van der Waals surface area contributed by atoms with Gasteiger partial charge in [0.05, 0.1) is 24.4 Å². The summed E-state index contributed by atoms with van der Waals surface area (Å²) in [5.41, 5.74) is 2.11. The van der Waals surface area contributed by atoms with E-state index in [4.69, 9.17) is 18.6 Å². The number of nitrogens with one attached hydrogen (secondary N) is 2. The number of amides is 5. The monoisotopic (exact) mass is 889 g/mol. The minimum absolute atomic E-state index is 0.0328. The van der Waals surface area contributed by atoms with Gasteiger partial charge in [0.2, 0.25) is 11.8 Å². The Bertz CT molecular complexity index is 2020. The highest BCUT2D eigenvalue weighted by molar-refractivity contribution is 6.78.